The Bertz CT molecular complexity index is 306. The highest BCUT2D eigenvalue weighted by molar-refractivity contribution is 6.32. The van der Waals surface area contributed by atoms with E-state index >= 15 is 0 Å². The van der Waals surface area contributed by atoms with Crippen LogP contribution in [0.25, 0.3) is 0 Å². The molecule has 14 heavy (non-hydrogen) atoms. The molecule has 1 rings (SSSR count). The van der Waals surface area contributed by atoms with E-state index in [9.17, 15) is 4.79 Å². The van der Waals surface area contributed by atoms with Crippen molar-refractivity contribution in [3.63, 3.8) is 0 Å². The number of halogens is 1. The maximum absolute atomic E-state index is 11.2. The summed E-state index contributed by atoms with van der Waals surface area (Å²) in [5.41, 5.74) is 2.04. The van der Waals surface area contributed by atoms with Gasteiger partial charge in [0.1, 0.15) is 5.38 Å². The number of carbonyl (C=O) groups excluding carboxylic acids is 1. The smallest absolute Gasteiger partial charge is 0.242 e. The molecule has 3 heteroatoms. The van der Waals surface area contributed by atoms with Gasteiger partial charge in [0.05, 0.1) is 0 Å². The summed E-state index contributed by atoms with van der Waals surface area (Å²) in [6, 6.07) is 7.76. The Morgan fingerprint density at radius 2 is 2.00 bits per heavy atom. The minimum Gasteiger partial charge on any atom is -0.325 e. The summed E-state index contributed by atoms with van der Waals surface area (Å²) in [7, 11) is 0. The monoisotopic (exact) mass is 211 g/mol. The molecule has 0 spiro atoms. The van der Waals surface area contributed by atoms with Crippen molar-refractivity contribution in [1.82, 2.24) is 0 Å². The fraction of sp³-hybridized carbons (Fsp3) is 0.364. The van der Waals surface area contributed by atoms with Gasteiger partial charge in [0, 0.05) is 5.69 Å². The third-order valence-corrected chi connectivity index (χ3v) is 2.19. The first-order valence-corrected chi connectivity index (χ1v) is 5.11. The Balaban J connectivity index is 2.64. The van der Waals surface area contributed by atoms with E-state index in [1.165, 1.54) is 5.56 Å². The molecular weight excluding hydrogens is 198 g/mol. The van der Waals surface area contributed by atoms with E-state index in [1.807, 2.05) is 24.3 Å². The second-order valence-electron chi connectivity index (χ2n) is 3.16. The molecule has 0 bridgehead atoms. The molecule has 1 atom stereocenters. The highest BCUT2D eigenvalue weighted by Gasteiger charge is 2.08. The number of hydrogen-bond acceptors (Lipinski definition) is 1. The van der Waals surface area contributed by atoms with Gasteiger partial charge in [0.25, 0.3) is 0 Å². The summed E-state index contributed by atoms with van der Waals surface area (Å²) in [5, 5.41) is 2.22. The van der Waals surface area contributed by atoms with Gasteiger partial charge in [-0.15, -0.1) is 11.6 Å². The van der Waals surface area contributed by atoms with Gasteiger partial charge in [0.15, 0.2) is 0 Å². The van der Waals surface area contributed by atoms with Gasteiger partial charge >= 0.3 is 0 Å². The Morgan fingerprint density at radius 3 is 2.43 bits per heavy atom. The molecule has 0 aliphatic heterocycles. The highest BCUT2D eigenvalue weighted by Crippen LogP contribution is 2.10. The lowest BCUT2D eigenvalue weighted by molar-refractivity contribution is -0.115. The van der Waals surface area contributed by atoms with Crippen LogP contribution in [0.5, 0.6) is 0 Å². The second kappa shape index (κ2) is 5.01. The number of carbonyl (C=O) groups is 1. The molecule has 0 aliphatic carbocycles. The number of rotatable bonds is 3. The molecule has 0 heterocycles. The maximum atomic E-state index is 11.2. The molecule has 0 fully saturated rings. The number of hydrogen-bond donors (Lipinski definition) is 1. The topological polar surface area (TPSA) is 29.1 Å². The van der Waals surface area contributed by atoms with Crippen molar-refractivity contribution in [2.45, 2.75) is 25.6 Å². The van der Waals surface area contributed by atoms with Crippen molar-refractivity contribution in [3.05, 3.63) is 29.8 Å². The Hall–Kier alpha value is -1.02. The first-order chi connectivity index (χ1) is 6.63. The number of anilines is 1. The summed E-state index contributed by atoms with van der Waals surface area (Å²) in [4.78, 5) is 11.2. The first kappa shape index (κ1) is 11.1. The van der Waals surface area contributed by atoms with Crippen LogP contribution in [0, 0.1) is 0 Å². The Labute approximate surface area is 89.3 Å². The van der Waals surface area contributed by atoms with Crippen LogP contribution < -0.4 is 5.32 Å². The number of nitrogens with one attached hydrogen (secondary N) is 1. The van der Waals surface area contributed by atoms with Crippen molar-refractivity contribution >= 4 is 23.2 Å². The maximum Gasteiger partial charge on any atom is 0.242 e. The van der Waals surface area contributed by atoms with E-state index in [-0.39, 0.29) is 5.91 Å². The molecule has 2 nitrogen and oxygen atoms in total. The summed E-state index contributed by atoms with van der Waals surface area (Å²) < 4.78 is 0. The molecule has 1 amide bonds. The highest BCUT2D eigenvalue weighted by atomic mass is 35.5. The van der Waals surface area contributed by atoms with Crippen molar-refractivity contribution in [3.8, 4) is 0 Å². The van der Waals surface area contributed by atoms with E-state index in [4.69, 9.17) is 11.6 Å². The summed E-state index contributed by atoms with van der Waals surface area (Å²) in [5.74, 6) is -0.170. The van der Waals surface area contributed by atoms with E-state index in [1.54, 1.807) is 6.92 Å². The molecule has 0 aliphatic rings. The van der Waals surface area contributed by atoms with Gasteiger partial charge in [0.2, 0.25) is 5.91 Å². The normalized spacial score (nSPS) is 12.2. The summed E-state index contributed by atoms with van der Waals surface area (Å²) in [6.07, 6.45) is 1.00. The van der Waals surface area contributed by atoms with Gasteiger partial charge in [-0.2, -0.15) is 0 Å². The minimum absolute atomic E-state index is 0.170. The minimum atomic E-state index is -0.499. The lowest BCUT2D eigenvalue weighted by atomic mass is 10.1. The van der Waals surface area contributed by atoms with Gasteiger partial charge in [-0.05, 0) is 31.0 Å². The van der Waals surface area contributed by atoms with Crippen molar-refractivity contribution in [2.24, 2.45) is 0 Å². The molecular formula is C11H14ClNO. The molecule has 0 saturated heterocycles. The van der Waals surface area contributed by atoms with E-state index in [0.717, 1.165) is 12.1 Å². The van der Waals surface area contributed by atoms with Crippen LogP contribution in [0.15, 0.2) is 24.3 Å². The van der Waals surface area contributed by atoms with E-state index in [2.05, 4.69) is 12.2 Å². The molecule has 1 aromatic carbocycles. The Kier molecular flexibility index (Phi) is 3.96. The quantitative estimate of drug-likeness (QED) is 0.766. The predicted octanol–water partition coefficient (Wildman–Crippen LogP) is 2.81. The SMILES string of the molecule is CCc1ccc(NC(=O)[C@@H](C)Cl)cc1. The average Bonchev–Trinajstić information content (AvgIpc) is 2.19. The predicted molar refractivity (Wildman–Crippen MR) is 59.8 cm³/mol. The lowest BCUT2D eigenvalue weighted by Gasteiger charge is -2.06. The third kappa shape index (κ3) is 3.04. The average molecular weight is 212 g/mol. The fourth-order valence-electron chi connectivity index (χ4n) is 1.07. The molecule has 76 valence electrons. The van der Waals surface area contributed by atoms with Crippen molar-refractivity contribution in [2.75, 3.05) is 5.32 Å². The molecule has 0 aromatic heterocycles. The number of benzene rings is 1. The van der Waals surface area contributed by atoms with Crippen molar-refractivity contribution in [1.29, 1.82) is 0 Å². The van der Waals surface area contributed by atoms with Crippen LogP contribution in [0.2, 0.25) is 0 Å². The molecule has 0 unspecified atom stereocenters. The second-order valence-corrected chi connectivity index (χ2v) is 3.81. The van der Waals surface area contributed by atoms with Gasteiger partial charge < -0.3 is 5.32 Å². The summed E-state index contributed by atoms with van der Waals surface area (Å²) in [6.45, 7) is 3.74. The standard InChI is InChI=1S/C11H14ClNO/c1-3-9-4-6-10(7-5-9)13-11(14)8(2)12/h4-8H,3H2,1-2H3,(H,13,14)/t8-/m1/s1. The van der Waals surface area contributed by atoms with E-state index < -0.39 is 5.38 Å². The molecule has 1 aromatic rings. The van der Waals surface area contributed by atoms with Crippen LogP contribution in [-0.2, 0) is 11.2 Å². The van der Waals surface area contributed by atoms with Gasteiger partial charge in [-0.1, -0.05) is 19.1 Å². The number of alkyl halides is 1. The molecule has 1 N–H and O–H groups in total. The fourth-order valence-corrected chi connectivity index (χ4v) is 1.12. The zero-order valence-electron chi connectivity index (χ0n) is 8.38. The Morgan fingerprint density at radius 1 is 1.43 bits per heavy atom. The van der Waals surface area contributed by atoms with Crippen LogP contribution in [0.4, 0.5) is 5.69 Å². The largest absolute Gasteiger partial charge is 0.325 e. The van der Waals surface area contributed by atoms with Crippen LogP contribution >= 0.6 is 11.6 Å². The van der Waals surface area contributed by atoms with Crippen LogP contribution in [-0.4, -0.2) is 11.3 Å². The number of amides is 1. The third-order valence-electron chi connectivity index (χ3n) is 1.99. The number of aryl methyl sites for hydroxylation is 1. The zero-order valence-corrected chi connectivity index (χ0v) is 9.14. The van der Waals surface area contributed by atoms with Crippen molar-refractivity contribution < 1.29 is 4.79 Å². The van der Waals surface area contributed by atoms with Gasteiger partial charge in [-0.25, -0.2) is 0 Å². The molecule has 0 radical (unpaired) electrons. The van der Waals surface area contributed by atoms with Gasteiger partial charge in [-0.3, -0.25) is 4.79 Å². The molecule has 0 saturated carbocycles. The zero-order chi connectivity index (χ0) is 10.6. The lowest BCUT2D eigenvalue weighted by Crippen LogP contribution is -2.20. The van der Waals surface area contributed by atoms with E-state index in [0.29, 0.717) is 0 Å². The first-order valence-electron chi connectivity index (χ1n) is 4.67. The van der Waals surface area contributed by atoms with Crippen LogP contribution in [0.1, 0.15) is 19.4 Å². The van der Waals surface area contributed by atoms with Crippen LogP contribution in [0.3, 0.4) is 0 Å². The summed E-state index contributed by atoms with van der Waals surface area (Å²) >= 11 is 5.62.